The largest absolute Gasteiger partial charge is 0.316 e. The van der Waals surface area contributed by atoms with Crippen molar-refractivity contribution in [2.45, 2.75) is 26.2 Å². The lowest BCUT2D eigenvalue weighted by molar-refractivity contribution is -0.122. The topological polar surface area (TPSA) is 29.1 Å². The molecule has 0 spiro atoms. The van der Waals surface area contributed by atoms with E-state index in [0.717, 1.165) is 25.9 Å². The predicted molar refractivity (Wildman–Crippen MR) is 48.7 cm³/mol. The summed E-state index contributed by atoms with van der Waals surface area (Å²) in [5.41, 5.74) is 0. The third kappa shape index (κ3) is 2.67. The molecule has 1 atom stereocenters. The molecular weight excluding hydrogens is 150 g/mol. The lowest BCUT2D eigenvalue weighted by Gasteiger charge is -2.03. The van der Waals surface area contributed by atoms with E-state index in [2.05, 4.69) is 17.2 Å². The van der Waals surface area contributed by atoms with Crippen molar-refractivity contribution in [1.29, 1.82) is 0 Å². The molecule has 2 heteroatoms. The second kappa shape index (κ2) is 4.95. The van der Waals surface area contributed by atoms with Gasteiger partial charge in [0, 0.05) is 25.3 Å². The quantitative estimate of drug-likeness (QED) is 0.631. The summed E-state index contributed by atoms with van der Waals surface area (Å²) in [6.07, 6.45) is 2.37. The fraction of sp³-hybridized carbons (Fsp3) is 0.700. The number of hydrogen-bond donors (Lipinski definition) is 1. The molecule has 2 nitrogen and oxygen atoms in total. The number of carbonyl (C=O) groups excluding carboxylic acids is 1. The first-order valence-electron chi connectivity index (χ1n) is 4.47. The van der Waals surface area contributed by atoms with Crippen LogP contribution in [0.15, 0.2) is 0 Å². The van der Waals surface area contributed by atoms with Gasteiger partial charge in [-0.1, -0.05) is 0 Å². The maximum atomic E-state index is 11.4. The first-order valence-corrected chi connectivity index (χ1v) is 4.47. The average molecular weight is 165 g/mol. The molecule has 0 amide bonds. The molecule has 1 unspecified atom stereocenters. The number of carbonyl (C=O) groups is 1. The van der Waals surface area contributed by atoms with Gasteiger partial charge in [0.25, 0.3) is 0 Å². The van der Waals surface area contributed by atoms with Crippen molar-refractivity contribution in [3.63, 3.8) is 0 Å². The molecule has 66 valence electrons. The van der Waals surface area contributed by atoms with E-state index < -0.39 is 0 Å². The van der Waals surface area contributed by atoms with Gasteiger partial charge in [-0.25, -0.2) is 0 Å². The van der Waals surface area contributed by atoms with Crippen LogP contribution in [0.4, 0.5) is 0 Å². The van der Waals surface area contributed by atoms with Gasteiger partial charge in [0.05, 0.1) is 0 Å². The highest BCUT2D eigenvalue weighted by atomic mass is 16.1. The summed E-state index contributed by atoms with van der Waals surface area (Å²) < 4.78 is 0. The van der Waals surface area contributed by atoms with Crippen LogP contribution < -0.4 is 5.32 Å². The van der Waals surface area contributed by atoms with Gasteiger partial charge < -0.3 is 5.32 Å². The molecule has 1 N–H and O–H groups in total. The highest BCUT2D eigenvalue weighted by Gasteiger charge is 2.20. The van der Waals surface area contributed by atoms with Gasteiger partial charge in [0.15, 0.2) is 0 Å². The van der Waals surface area contributed by atoms with Gasteiger partial charge in [0.1, 0.15) is 5.78 Å². The summed E-state index contributed by atoms with van der Waals surface area (Å²) in [5, 5.41) is 3.19. The van der Waals surface area contributed by atoms with Gasteiger partial charge >= 0.3 is 0 Å². The van der Waals surface area contributed by atoms with E-state index in [1.807, 2.05) is 6.92 Å². The summed E-state index contributed by atoms with van der Waals surface area (Å²) in [6, 6.07) is 0. The summed E-state index contributed by atoms with van der Waals surface area (Å²) in [5.74, 6) is 6.35. The predicted octanol–water partition coefficient (Wildman–Crippen LogP) is 0.968. The maximum Gasteiger partial charge on any atom is 0.138 e. The van der Waals surface area contributed by atoms with E-state index in [0.29, 0.717) is 12.2 Å². The first-order chi connectivity index (χ1) is 5.84. The molecule has 1 heterocycles. The fourth-order valence-corrected chi connectivity index (χ4v) is 1.44. The van der Waals surface area contributed by atoms with Crippen LogP contribution in [0.25, 0.3) is 0 Å². The Morgan fingerprint density at radius 2 is 2.50 bits per heavy atom. The van der Waals surface area contributed by atoms with E-state index in [1.54, 1.807) is 0 Å². The van der Waals surface area contributed by atoms with Gasteiger partial charge in [-0.15, -0.1) is 11.8 Å². The Hall–Kier alpha value is -0.810. The van der Waals surface area contributed by atoms with Crippen LogP contribution >= 0.6 is 0 Å². The van der Waals surface area contributed by atoms with E-state index >= 15 is 0 Å². The van der Waals surface area contributed by atoms with Gasteiger partial charge in [-0.3, -0.25) is 4.79 Å². The highest BCUT2D eigenvalue weighted by molar-refractivity contribution is 5.81. The van der Waals surface area contributed by atoms with Crippen molar-refractivity contribution in [3.05, 3.63) is 0 Å². The number of Topliss-reactive ketones (excluding diaryl/α,β-unsaturated/α-hetero) is 1. The SMILES string of the molecule is CC#CCCC(=O)C1CCNC1. The molecule has 0 aliphatic carbocycles. The number of rotatable bonds is 3. The zero-order chi connectivity index (χ0) is 8.81. The standard InChI is InChI=1S/C10H15NO/c1-2-3-4-5-10(12)9-6-7-11-8-9/h9,11H,4-8H2,1H3. The summed E-state index contributed by atoms with van der Waals surface area (Å²) in [6.45, 7) is 3.68. The van der Waals surface area contributed by atoms with Crippen molar-refractivity contribution >= 4 is 5.78 Å². The zero-order valence-corrected chi connectivity index (χ0v) is 7.52. The van der Waals surface area contributed by atoms with E-state index in [1.165, 1.54) is 0 Å². The Labute approximate surface area is 73.7 Å². The number of nitrogens with one attached hydrogen (secondary N) is 1. The van der Waals surface area contributed by atoms with Gasteiger partial charge in [0.2, 0.25) is 0 Å². The smallest absolute Gasteiger partial charge is 0.138 e. The summed E-state index contributed by atoms with van der Waals surface area (Å²) >= 11 is 0. The van der Waals surface area contributed by atoms with E-state index in [9.17, 15) is 4.79 Å². The van der Waals surface area contributed by atoms with Crippen molar-refractivity contribution < 1.29 is 4.79 Å². The molecule has 1 rings (SSSR count). The molecule has 1 aliphatic rings. The minimum absolute atomic E-state index is 0.267. The zero-order valence-electron chi connectivity index (χ0n) is 7.52. The van der Waals surface area contributed by atoms with Crippen molar-refractivity contribution in [1.82, 2.24) is 5.32 Å². The molecule has 1 aliphatic heterocycles. The van der Waals surface area contributed by atoms with Crippen LogP contribution in [0.3, 0.4) is 0 Å². The lowest BCUT2D eigenvalue weighted by atomic mass is 10.00. The molecule has 0 aromatic carbocycles. The van der Waals surface area contributed by atoms with E-state index in [4.69, 9.17) is 0 Å². The highest BCUT2D eigenvalue weighted by Crippen LogP contribution is 2.11. The van der Waals surface area contributed by atoms with Crippen molar-refractivity contribution in [2.24, 2.45) is 5.92 Å². The summed E-state index contributed by atoms with van der Waals surface area (Å²) in [7, 11) is 0. The molecule has 0 bridgehead atoms. The van der Waals surface area contributed by atoms with E-state index in [-0.39, 0.29) is 5.92 Å². The van der Waals surface area contributed by atoms with Crippen LogP contribution in [0.1, 0.15) is 26.2 Å². The molecular formula is C10H15NO. The monoisotopic (exact) mass is 165 g/mol. The minimum Gasteiger partial charge on any atom is -0.316 e. The molecule has 0 aromatic rings. The third-order valence-electron chi connectivity index (χ3n) is 2.19. The Kier molecular flexibility index (Phi) is 3.83. The second-order valence-corrected chi connectivity index (χ2v) is 3.08. The Morgan fingerprint density at radius 3 is 3.08 bits per heavy atom. The first kappa shape index (κ1) is 9.28. The number of hydrogen-bond acceptors (Lipinski definition) is 2. The third-order valence-corrected chi connectivity index (χ3v) is 2.19. The lowest BCUT2D eigenvalue weighted by Crippen LogP contribution is -2.17. The van der Waals surface area contributed by atoms with Crippen LogP contribution in [0.5, 0.6) is 0 Å². The summed E-state index contributed by atoms with van der Waals surface area (Å²) in [4.78, 5) is 11.4. The average Bonchev–Trinajstić information content (AvgIpc) is 2.56. The molecule has 1 saturated heterocycles. The van der Waals surface area contributed by atoms with Crippen LogP contribution in [-0.4, -0.2) is 18.9 Å². The van der Waals surface area contributed by atoms with Gasteiger partial charge in [-0.05, 0) is 19.9 Å². The maximum absolute atomic E-state index is 11.4. The molecule has 0 radical (unpaired) electrons. The van der Waals surface area contributed by atoms with Crippen LogP contribution in [0, 0.1) is 17.8 Å². The Bertz CT molecular complexity index is 206. The normalized spacial score (nSPS) is 21.6. The number of ketones is 1. The fourth-order valence-electron chi connectivity index (χ4n) is 1.44. The van der Waals surface area contributed by atoms with Crippen LogP contribution in [-0.2, 0) is 4.79 Å². The molecule has 0 saturated carbocycles. The van der Waals surface area contributed by atoms with Crippen LogP contribution in [0.2, 0.25) is 0 Å². The molecule has 0 aromatic heterocycles. The minimum atomic E-state index is 0.267. The van der Waals surface area contributed by atoms with Crippen molar-refractivity contribution in [2.75, 3.05) is 13.1 Å². The van der Waals surface area contributed by atoms with Crippen molar-refractivity contribution in [3.8, 4) is 11.8 Å². The Balaban J connectivity index is 2.21. The molecule has 1 fully saturated rings. The second-order valence-electron chi connectivity index (χ2n) is 3.08. The Morgan fingerprint density at radius 1 is 1.67 bits per heavy atom. The molecule has 12 heavy (non-hydrogen) atoms. The van der Waals surface area contributed by atoms with Gasteiger partial charge in [-0.2, -0.15) is 0 Å².